The van der Waals surface area contributed by atoms with Crippen molar-refractivity contribution in [2.24, 2.45) is 0 Å². The third-order valence-corrected chi connectivity index (χ3v) is 3.15. The van der Waals surface area contributed by atoms with E-state index >= 15 is 0 Å². The van der Waals surface area contributed by atoms with Crippen LogP contribution in [0.25, 0.3) is 5.57 Å². The predicted octanol–water partition coefficient (Wildman–Crippen LogP) is 4.57. The Morgan fingerprint density at radius 1 is 1.32 bits per heavy atom. The molecule has 0 unspecified atom stereocenters. The second kappa shape index (κ2) is 6.41. The number of hydrogen-bond acceptors (Lipinski definition) is 2. The molecule has 102 valence electrons. The van der Waals surface area contributed by atoms with Gasteiger partial charge in [0.25, 0.3) is 0 Å². The summed E-state index contributed by atoms with van der Waals surface area (Å²) in [6, 6.07) is 0. The number of carbonyl (C=O) groups excluding carboxylic acids is 1. The topological polar surface area (TPSA) is 30.0 Å². The summed E-state index contributed by atoms with van der Waals surface area (Å²) in [5, 5.41) is 0. The summed E-state index contributed by atoms with van der Waals surface area (Å²) in [4.78, 5) is 15.8. The number of nitrogens with zero attached hydrogens (tertiary/aromatic N) is 1. The molecule has 0 fully saturated rings. The van der Waals surface area contributed by atoms with Crippen LogP contribution in [0.1, 0.15) is 54.4 Å². The van der Waals surface area contributed by atoms with E-state index in [2.05, 4.69) is 4.98 Å². The highest BCUT2D eigenvalue weighted by Crippen LogP contribution is 2.24. The molecule has 2 nitrogen and oxygen atoms in total. The van der Waals surface area contributed by atoms with E-state index in [0.717, 1.165) is 22.4 Å². The molecular formula is C16H20FNO. The van der Waals surface area contributed by atoms with Gasteiger partial charge in [0.2, 0.25) is 0 Å². The summed E-state index contributed by atoms with van der Waals surface area (Å²) >= 11 is 0. The third kappa shape index (κ3) is 3.60. The van der Waals surface area contributed by atoms with E-state index in [0.29, 0.717) is 12.0 Å². The van der Waals surface area contributed by atoms with Crippen LogP contribution in [0, 0.1) is 13.8 Å². The number of ketones is 1. The Morgan fingerprint density at radius 2 is 1.95 bits per heavy atom. The van der Waals surface area contributed by atoms with Crippen molar-refractivity contribution in [2.45, 2.75) is 41.0 Å². The van der Waals surface area contributed by atoms with Crippen LogP contribution in [0.4, 0.5) is 4.39 Å². The second-order valence-electron chi connectivity index (χ2n) is 4.63. The summed E-state index contributed by atoms with van der Waals surface area (Å²) in [5.41, 5.74) is 4.20. The smallest absolute Gasteiger partial charge is 0.161 e. The molecule has 1 heterocycles. The highest BCUT2D eigenvalue weighted by Gasteiger charge is 2.12. The summed E-state index contributed by atoms with van der Waals surface area (Å²) < 4.78 is 13.2. The number of hydrogen-bond donors (Lipinski definition) is 0. The van der Waals surface area contributed by atoms with Gasteiger partial charge in [0.15, 0.2) is 5.78 Å². The number of aromatic nitrogens is 1. The number of halogens is 1. The van der Waals surface area contributed by atoms with Gasteiger partial charge in [-0.3, -0.25) is 9.78 Å². The van der Waals surface area contributed by atoms with Gasteiger partial charge in [-0.25, -0.2) is 4.39 Å². The van der Waals surface area contributed by atoms with E-state index in [4.69, 9.17) is 0 Å². The van der Waals surface area contributed by atoms with Gasteiger partial charge in [-0.05, 0) is 51.3 Å². The molecule has 0 N–H and O–H groups in total. The van der Waals surface area contributed by atoms with Gasteiger partial charge in [0, 0.05) is 23.0 Å². The molecule has 0 spiro atoms. The van der Waals surface area contributed by atoms with Gasteiger partial charge >= 0.3 is 0 Å². The van der Waals surface area contributed by atoms with Crippen LogP contribution < -0.4 is 0 Å². The quantitative estimate of drug-likeness (QED) is 0.587. The summed E-state index contributed by atoms with van der Waals surface area (Å²) in [5.74, 6) is -0.167. The fraction of sp³-hybridized carbons (Fsp3) is 0.375. The molecule has 0 amide bonds. The molecule has 0 saturated carbocycles. The van der Waals surface area contributed by atoms with Gasteiger partial charge in [0.05, 0.1) is 5.83 Å². The normalized spacial score (nSPS) is 12.7. The Bertz CT molecular complexity index is 556. The number of rotatable bonds is 4. The molecule has 0 atom stereocenters. The summed E-state index contributed by atoms with van der Waals surface area (Å²) in [6.45, 7) is 8.99. The van der Waals surface area contributed by atoms with E-state index in [1.165, 1.54) is 13.0 Å². The van der Waals surface area contributed by atoms with Gasteiger partial charge in [-0.1, -0.05) is 13.0 Å². The molecule has 3 heteroatoms. The monoisotopic (exact) mass is 261 g/mol. The van der Waals surface area contributed by atoms with Crippen LogP contribution in [-0.4, -0.2) is 10.8 Å². The highest BCUT2D eigenvalue weighted by atomic mass is 19.1. The Labute approximate surface area is 114 Å². The number of pyridine rings is 1. The van der Waals surface area contributed by atoms with E-state index < -0.39 is 0 Å². The zero-order valence-corrected chi connectivity index (χ0v) is 12.2. The molecule has 0 aliphatic carbocycles. The number of carbonyl (C=O) groups is 1. The predicted molar refractivity (Wildman–Crippen MR) is 76.8 cm³/mol. The molecule has 1 rings (SSSR count). The highest BCUT2D eigenvalue weighted by molar-refractivity contribution is 5.96. The summed E-state index contributed by atoms with van der Waals surface area (Å²) in [7, 11) is 0. The zero-order chi connectivity index (χ0) is 14.6. The lowest BCUT2D eigenvalue weighted by atomic mass is 9.95. The van der Waals surface area contributed by atoms with Crippen LogP contribution in [-0.2, 0) is 0 Å². The molecule has 0 saturated heterocycles. The lowest BCUT2D eigenvalue weighted by molar-refractivity contribution is 0.101. The van der Waals surface area contributed by atoms with Gasteiger partial charge in [-0.15, -0.1) is 0 Å². The molecule has 1 aromatic rings. The average Bonchev–Trinajstić information content (AvgIpc) is 2.35. The first-order valence-corrected chi connectivity index (χ1v) is 6.38. The standard InChI is InChI=1S/C16H20FNO/c1-6-14(17)8-7-10(2)16-11(3)15(13(5)19)9-18-12(16)4/h7-9H,6H2,1-5H3/b10-7+,14-8+. The van der Waals surface area contributed by atoms with Crippen LogP contribution in [0.3, 0.4) is 0 Å². The number of aryl methyl sites for hydroxylation is 1. The first kappa shape index (κ1) is 15.3. The van der Waals surface area contributed by atoms with Crippen molar-refractivity contribution >= 4 is 11.4 Å². The van der Waals surface area contributed by atoms with Gasteiger partial charge in [-0.2, -0.15) is 0 Å². The largest absolute Gasteiger partial charge is 0.294 e. The van der Waals surface area contributed by atoms with Crippen LogP contribution in [0.15, 0.2) is 24.2 Å². The van der Waals surface area contributed by atoms with Crippen molar-refractivity contribution < 1.29 is 9.18 Å². The Morgan fingerprint density at radius 3 is 2.47 bits per heavy atom. The fourth-order valence-corrected chi connectivity index (χ4v) is 2.08. The van der Waals surface area contributed by atoms with E-state index in [-0.39, 0.29) is 11.6 Å². The molecule has 0 bridgehead atoms. The lowest BCUT2D eigenvalue weighted by Gasteiger charge is -2.12. The minimum atomic E-state index is -0.162. The van der Waals surface area contributed by atoms with Crippen molar-refractivity contribution in [1.29, 1.82) is 0 Å². The molecular weight excluding hydrogens is 241 g/mol. The van der Waals surface area contributed by atoms with Gasteiger partial charge < -0.3 is 0 Å². The molecule has 1 aromatic heterocycles. The van der Waals surface area contributed by atoms with Crippen molar-refractivity contribution in [3.05, 3.63) is 46.6 Å². The van der Waals surface area contributed by atoms with E-state index in [1.807, 2.05) is 20.8 Å². The Balaban J connectivity index is 3.34. The number of Topliss-reactive ketones (excluding diaryl/α,β-unsaturated/α-hetero) is 1. The average molecular weight is 261 g/mol. The molecule has 0 aliphatic rings. The van der Waals surface area contributed by atoms with Crippen LogP contribution in [0.2, 0.25) is 0 Å². The fourth-order valence-electron chi connectivity index (χ4n) is 2.08. The minimum absolute atomic E-state index is 0.00525. The second-order valence-corrected chi connectivity index (χ2v) is 4.63. The van der Waals surface area contributed by atoms with E-state index in [1.54, 1.807) is 19.2 Å². The first-order chi connectivity index (χ1) is 8.88. The lowest BCUT2D eigenvalue weighted by Crippen LogP contribution is -2.03. The number of allylic oxidation sites excluding steroid dienone is 4. The minimum Gasteiger partial charge on any atom is -0.294 e. The molecule has 0 aliphatic heterocycles. The van der Waals surface area contributed by atoms with Crippen molar-refractivity contribution in [3.8, 4) is 0 Å². The maximum Gasteiger partial charge on any atom is 0.161 e. The SMILES string of the molecule is CC/C(F)=C\C=C(/C)c1c(C)ncc(C(C)=O)c1C. The Hall–Kier alpha value is -1.77. The van der Waals surface area contributed by atoms with Crippen LogP contribution >= 0.6 is 0 Å². The first-order valence-electron chi connectivity index (χ1n) is 6.38. The zero-order valence-electron chi connectivity index (χ0n) is 12.2. The maximum atomic E-state index is 13.2. The van der Waals surface area contributed by atoms with Crippen LogP contribution in [0.5, 0.6) is 0 Å². The third-order valence-electron chi connectivity index (χ3n) is 3.15. The summed E-state index contributed by atoms with van der Waals surface area (Å²) in [6.07, 6.45) is 5.19. The Kier molecular flexibility index (Phi) is 5.16. The maximum absolute atomic E-state index is 13.2. The van der Waals surface area contributed by atoms with Crippen molar-refractivity contribution in [1.82, 2.24) is 4.98 Å². The van der Waals surface area contributed by atoms with Gasteiger partial charge in [0.1, 0.15) is 0 Å². The van der Waals surface area contributed by atoms with Crippen molar-refractivity contribution in [3.63, 3.8) is 0 Å². The molecule has 0 aromatic carbocycles. The molecule has 19 heavy (non-hydrogen) atoms. The molecule has 0 radical (unpaired) electrons. The van der Waals surface area contributed by atoms with Crippen molar-refractivity contribution in [2.75, 3.05) is 0 Å². The van der Waals surface area contributed by atoms with E-state index in [9.17, 15) is 9.18 Å².